The van der Waals surface area contributed by atoms with E-state index in [1.165, 1.54) is 38.3 Å². The minimum atomic E-state index is -4.27. The first-order valence-corrected chi connectivity index (χ1v) is 16.3. The van der Waals surface area contributed by atoms with E-state index in [-0.39, 0.29) is 45.7 Å². The van der Waals surface area contributed by atoms with E-state index < -0.39 is 10.0 Å². The number of rotatable bonds is 7. The first kappa shape index (κ1) is 26.8. The molecule has 5 aliphatic rings. The number of fused-ring (bicyclic) bond motifs is 6. The molecule has 4 heterocycles. The van der Waals surface area contributed by atoms with E-state index in [0.29, 0.717) is 36.8 Å². The molecule has 4 atom stereocenters. The number of carbonyl (C=O) groups is 1. The summed E-state index contributed by atoms with van der Waals surface area (Å²) in [4.78, 5) is 17.3. The van der Waals surface area contributed by atoms with Gasteiger partial charge in [-0.25, -0.2) is 8.42 Å². The Morgan fingerprint density at radius 3 is 2.47 bits per heavy atom. The minimum Gasteiger partial charge on any atom is -0.495 e. The van der Waals surface area contributed by atoms with E-state index in [4.69, 9.17) is 18.7 Å². The monoisotopic (exact) mass is 606 g/mol. The number of hydrogen-bond acceptors (Lipinski definition) is 9. The molecule has 1 amide bonds. The zero-order valence-corrected chi connectivity index (χ0v) is 25.2. The Bertz CT molecular complexity index is 1740. The molecule has 1 spiro atoms. The van der Waals surface area contributed by atoms with Crippen molar-refractivity contribution in [1.29, 1.82) is 0 Å². The van der Waals surface area contributed by atoms with E-state index in [1.807, 2.05) is 0 Å². The molecule has 12 heteroatoms. The number of hydrogen-bond donors (Lipinski definition) is 1. The number of aromatic nitrogens is 1. The van der Waals surface area contributed by atoms with Crippen molar-refractivity contribution in [1.82, 2.24) is 10.1 Å². The summed E-state index contributed by atoms with van der Waals surface area (Å²) in [5.41, 5.74) is 4.32. The summed E-state index contributed by atoms with van der Waals surface area (Å²) in [7, 11) is -1.53. The van der Waals surface area contributed by atoms with Gasteiger partial charge in [-0.15, -0.1) is 0 Å². The molecule has 43 heavy (non-hydrogen) atoms. The third-order valence-corrected chi connectivity index (χ3v) is 11.5. The molecule has 1 aromatic heterocycles. The molecule has 226 valence electrons. The highest BCUT2D eigenvalue weighted by Gasteiger charge is 2.56. The van der Waals surface area contributed by atoms with Gasteiger partial charge < -0.3 is 28.5 Å². The van der Waals surface area contributed by atoms with Crippen molar-refractivity contribution in [3.63, 3.8) is 0 Å². The van der Waals surface area contributed by atoms with Crippen LogP contribution in [0, 0.1) is 5.92 Å². The highest BCUT2D eigenvalue weighted by molar-refractivity contribution is 7.93. The second-order valence-electron chi connectivity index (χ2n) is 12.5. The number of methoxy groups -OCH3 is 2. The largest absolute Gasteiger partial charge is 0.495 e. The molecule has 8 rings (SSSR count). The summed E-state index contributed by atoms with van der Waals surface area (Å²) in [6, 6.07) is 9.48. The van der Waals surface area contributed by atoms with Crippen LogP contribution in [0.1, 0.15) is 47.7 Å². The fraction of sp³-hybridized carbons (Fsp3) is 0.484. The van der Waals surface area contributed by atoms with E-state index >= 15 is 0 Å². The average molecular weight is 607 g/mol. The Morgan fingerprint density at radius 2 is 1.88 bits per heavy atom. The molecule has 11 nitrogen and oxygen atoms in total. The second-order valence-corrected chi connectivity index (χ2v) is 14.1. The van der Waals surface area contributed by atoms with Gasteiger partial charge in [-0.2, -0.15) is 0 Å². The van der Waals surface area contributed by atoms with Crippen molar-refractivity contribution in [2.24, 2.45) is 5.92 Å². The molecular formula is C31H34N4O7S. The fourth-order valence-corrected chi connectivity index (χ4v) is 8.80. The van der Waals surface area contributed by atoms with Gasteiger partial charge in [0, 0.05) is 47.4 Å². The SMILES string of the molecule is COc1cc(C(=O)N2C[C@H]3C[C@@H]2CO3)cc(OC)c1S(=O)(=O)Nc1noc2c1C[C@@]1(C[C@@H]1C)c1ccc(N3CCC3)cc1-2. The van der Waals surface area contributed by atoms with Crippen LogP contribution >= 0.6 is 0 Å². The van der Waals surface area contributed by atoms with Crippen LogP contribution in [0.3, 0.4) is 0 Å². The molecule has 4 fully saturated rings. The molecule has 3 saturated heterocycles. The number of nitrogens with one attached hydrogen (secondary N) is 1. The lowest BCUT2D eigenvalue weighted by molar-refractivity contribution is 0.0258. The van der Waals surface area contributed by atoms with E-state index in [9.17, 15) is 13.2 Å². The van der Waals surface area contributed by atoms with Gasteiger partial charge in [-0.1, -0.05) is 18.1 Å². The van der Waals surface area contributed by atoms with Crippen LogP contribution in [0.5, 0.6) is 11.5 Å². The first-order valence-electron chi connectivity index (χ1n) is 14.8. The Labute approximate surface area is 250 Å². The standard InChI is InChI=1S/C31H34N4O7S/c1-17-13-31(17)14-23-27(22-12-19(5-6-24(22)31)34-7-4-8-34)42-32-29(23)33-43(37,38)28-25(39-2)9-18(10-26(28)40-3)30(36)35-15-21-11-20(35)16-41-21/h5-6,9-10,12,17,20-21H,4,7-8,11,13-16H2,1-3H3,(H,32,33)/t17-,20+,21+,31+/m0/s1. The Morgan fingerprint density at radius 1 is 1.14 bits per heavy atom. The molecule has 1 saturated carbocycles. The van der Waals surface area contributed by atoms with E-state index in [1.54, 1.807) is 4.90 Å². The van der Waals surface area contributed by atoms with Gasteiger partial charge in [0.1, 0.15) is 11.5 Å². The number of morpholine rings is 1. The van der Waals surface area contributed by atoms with Crippen molar-refractivity contribution in [2.75, 3.05) is 50.1 Å². The summed E-state index contributed by atoms with van der Waals surface area (Å²) < 4.78 is 53.2. The zero-order chi connectivity index (χ0) is 29.7. The number of sulfonamides is 1. The van der Waals surface area contributed by atoms with Crippen molar-refractivity contribution in [3.8, 4) is 22.8 Å². The van der Waals surface area contributed by atoms with Crippen molar-refractivity contribution < 1.29 is 31.9 Å². The van der Waals surface area contributed by atoms with Gasteiger partial charge >= 0.3 is 0 Å². The van der Waals surface area contributed by atoms with Crippen LogP contribution in [0.2, 0.25) is 0 Å². The van der Waals surface area contributed by atoms with Crippen LogP contribution in [0.15, 0.2) is 39.8 Å². The van der Waals surface area contributed by atoms with E-state index in [0.717, 1.165) is 42.7 Å². The van der Waals surface area contributed by atoms with Gasteiger partial charge in [0.05, 0.1) is 33.0 Å². The molecule has 0 unspecified atom stereocenters. The van der Waals surface area contributed by atoms with Gasteiger partial charge in [0.2, 0.25) is 0 Å². The predicted molar refractivity (Wildman–Crippen MR) is 157 cm³/mol. The Hall–Kier alpha value is -3.77. The molecule has 2 aromatic carbocycles. The average Bonchev–Trinajstić information content (AvgIpc) is 3.38. The topological polar surface area (TPSA) is 123 Å². The van der Waals surface area contributed by atoms with Crippen LogP contribution in [0.25, 0.3) is 11.3 Å². The van der Waals surface area contributed by atoms with Gasteiger partial charge in [-0.3, -0.25) is 9.52 Å². The molecule has 3 aliphatic heterocycles. The maximum atomic E-state index is 14.0. The van der Waals surface area contributed by atoms with Crippen LogP contribution in [-0.2, 0) is 26.6 Å². The van der Waals surface area contributed by atoms with Gasteiger partial charge in [0.15, 0.2) is 16.5 Å². The zero-order valence-electron chi connectivity index (χ0n) is 24.4. The highest BCUT2D eigenvalue weighted by atomic mass is 32.2. The second kappa shape index (κ2) is 9.36. The number of benzene rings is 2. The Balaban J connectivity index is 1.15. The summed E-state index contributed by atoms with van der Waals surface area (Å²) >= 11 is 0. The van der Waals surface area contributed by atoms with E-state index in [2.05, 4.69) is 39.9 Å². The van der Waals surface area contributed by atoms with Crippen molar-refractivity contribution in [3.05, 3.63) is 47.0 Å². The maximum absolute atomic E-state index is 14.0. The highest BCUT2D eigenvalue weighted by Crippen LogP contribution is 2.62. The third-order valence-electron chi connectivity index (χ3n) is 10.1. The molecule has 0 radical (unpaired) electrons. The fourth-order valence-electron chi connectivity index (χ4n) is 7.47. The van der Waals surface area contributed by atoms with Crippen LogP contribution in [0.4, 0.5) is 11.5 Å². The summed E-state index contributed by atoms with van der Waals surface area (Å²) in [5.74, 6) is 1.01. The summed E-state index contributed by atoms with van der Waals surface area (Å²) in [6.07, 6.45) is 3.67. The lowest BCUT2D eigenvalue weighted by Crippen LogP contribution is -2.41. The molecule has 2 aliphatic carbocycles. The summed E-state index contributed by atoms with van der Waals surface area (Å²) in [6.45, 7) is 5.30. The predicted octanol–water partition coefficient (Wildman–Crippen LogP) is 3.82. The molecular weight excluding hydrogens is 572 g/mol. The first-order chi connectivity index (χ1) is 20.7. The smallest absolute Gasteiger partial charge is 0.270 e. The number of ether oxygens (including phenoxy) is 3. The third kappa shape index (κ3) is 3.98. The van der Waals surface area contributed by atoms with Gasteiger partial charge in [-0.05, 0) is 61.4 Å². The van der Waals surface area contributed by atoms with Crippen LogP contribution in [-0.4, -0.2) is 77.0 Å². The quantitative estimate of drug-likeness (QED) is 0.428. The van der Waals surface area contributed by atoms with Crippen molar-refractivity contribution in [2.45, 2.75) is 55.1 Å². The van der Waals surface area contributed by atoms with Crippen LogP contribution < -0.4 is 19.1 Å². The minimum absolute atomic E-state index is 0.00462. The summed E-state index contributed by atoms with van der Waals surface area (Å²) in [5, 5.41) is 4.23. The van der Waals surface area contributed by atoms with Gasteiger partial charge in [0.25, 0.3) is 15.9 Å². The molecule has 1 N–H and O–H groups in total. The normalized spacial score (nSPS) is 26.6. The molecule has 3 aromatic rings. The number of likely N-dealkylation sites (tertiary alicyclic amines) is 1. The lowest BCUT2D eigenvalue weighted by Gasteiger charge is -2.34. The van der Waals surface area contributed by atoms with Crippen molar-refractivity contribution >= 4 is 27.4 Å². The number of carbonyl (C=O) groups excluding carboxylic acids is 1. The maximum Gasteiger partial charge on any atom is 0.270 e. The number of anilines is 2. The Kier molecular flexibility index (Phi) is 5.84. The molecule has 2 bridgehead atoms. The number of amides is 1. The lowest BCUT2D eigenvalue weighted by atomic mass is 9.77. The number of nitrogens with zero attached hydrogens (tertiary/aromatic N) is 3.